The molecule has 0 aliphatic heterocycles. The van der Waals surface area contributed by atoms with Crippen LogP contribution in [0.5, 0.6) is 11.6 Å². The standard InChI is InChI=1S/C23H30N2O3/c1-2-15-27-23-19(8-6-14-24-23)17-25-22(26)13-12-18-7-5-11-21(16-18)28-20-9-3-4-10-20/h5-8,11,14,16,20H,2-4,9-10,12-13,15,17H2,1H3,(H,25,26). The quantitative estimate of drug-likeness (QED) is 0.660. The van der Waals surface area contributed by atoms with Crippen molar-refractivity contribution in [1.29, 1.82) is 0 Å². The average molecular weight is 383 g/mol. The van der Waals surface area contributed by atoms with Crippen LogP contribution in [0.25, 0.3) is 0 Å². The molecule has 1 amide bonds. The lowest BCUT2D eigenvalue weighted by molar-refractivity contribution is -0.121. The molecule has 28 heavy (non-hydrogen) atoms. The van der Waals surface area contributed by atoms with Crippen LogP contribution in [0.3, 0.4) is 0 Å². The second-order valence-corrected chi connectivity index (χ2v) is 7.26. The monoisotopic (exact) mass is 382 g/mol. The second kappa shape index (κ2) is 10.7. The van der Waals surface area contributed by atoms with E-state index in [0.717, 1.165) is 36.1 Å². The van der Waals surface area contributed by atoms with Crippen LogP contribution in [0.2, 0.25) is 0 Å². The third-order valence-electron chi connectivity index (χ3n) is 4.91. The predicted octanol–water partition coefficient (Wildman–Crippen LogP) is 4.44. The Morgan fingerprint density at radius 2 is 2.07 bits per heavy atom. The molecule has 1 saturated carbocycles. The zero-order valence-electron chi connectivity index (χ0n) is 16.7. The van der Waals surface area contributed by atoms with Crippen LogP contribution in [0, 0.1) is 0 Å². The highest BCUT2D eigenvalue weighted by Gasteiger charge is 2.16. The minimum absolute atomic E-state index is 0.0207. The van der Waals surface area contributed by atoms with Gasteiger partial charge in [-0.15, -0.1) is 0 Å². The van der Waals surface area contributed by atoms with Crippen molar-refractivity contribution >= 4 is 5.91 Å². The van der Waals surface area contributed by atoms with Crippen LogP contribution < -0.4 is 14.8 Å². The minimum atomic E-state index is 0.0207. The first-order valence-corrected chi connectivity index (χ1v) is 10.3. The lowest BCUT2D eigenvalue weighted by Crippen LogP contribution is -2.23. The molecule has 5 nitrogen and oxygen atoms in total. The number of hydrogen-bond donors (Lipinski definition) is 1. The third-order valence-corrected chi connectivity index (χ3v) is 4.91. The number of amides is 1. The number of benzene rings is 1. The van der Waals surface area contributed by atoms with Crippen LogP contribution >= 0.6 is 0 Å². The molecule has 1 heterocycles. The molecule has 0 radical (unpaired) electrons. The number of ether oxygens (including phenoxy) is 2. The van der Waals surface area contributed by atoms with Crippen molar-refractivity contribution < 1.29 is 14.3 Å². The summed E-state index contributed by atoms with van der Waals surface area (Å²) < 4.78 is 11.7. The molecule has 3 rings (SSSR count). The second-order valence-electron chi connectivity index (χ2n) is 7.26. The zero-order valence-corrected chi connectivity index (χ0v) is 16.7. The van der Waals surface area contributed by atoms with Crippen LogP contribution in [0.1, 0.15) is 56.6 Å². The molecule has 1 aromatic carbocycles. The molecule has 0 saturated heterocycles. The van der Waals surface area contributed by atoms with Gasteiger partial charge in [-0.05, 0) is 62.3 Å². The summed E-state index contributed by atoms with van der Waals surface area (Å²) in [5, 5.41) is 2.97. The number of carbonyl (C=O) groups excluding carboxylic acids is 1. The van der Waals surface area contributed by atoms with Crippen molar-refractivity contribution in [3.8, 4) is 11.6 Å². The Bertz CT molecular complexity index is 757. The van der Waals surface area contributed by atoms with E-state index in [1.54, 1.807) is 6.20 Å². The molecule has 0 spiro atoms. The first-order chi connectivity index (χ1) is 13.7. The van der Waals surface area contributed by atoms with Gasteiger partial charge in [0, 0.05) is 24.7 Å². The summed E-state index contributed by atoms with van der Waals surface area (Å²) in [5.41, 5.74) is 2.02. The summed E-state index contributed by atoms with van der Waals surface area (Å²) in [4.78, 5) is 16.5. The van der Waals surface area contributed by atoms with Crippen molar-refractivity contribution in [3.05, 3.63) is 53.7 Å². The maximum atomic E-state index is 12.3. The van der Waals surface area contributed by atoms with E-state index in [0.29, 0.717) is 38.0 Å². The summed E-state index contributed by atoms with van der Waals surface area (Å²) in [6, 6.07) is 11.9. The average Bonchev–Trinajstić information content (AvgIpc) is 3.23. The predicted molar refractivity (Wildman–Crippen MR) is 110 cm³/mol. The van der Waals surface area contributed by atoms with E-state index in [9.17, 15) is 4.79 Å². The minimum Gasteiger partial charge on any atom is -0.490 e. The van der Waals surface area contributed by atoms with Gasteiger partial charge in [-0.2, -0.15) is 0 Å². The Labute approximate surface area is 167 Å². The number of carbonyl (C=O) groups is 1. The highest BCUT2D eigenvalue weighted by molar-refractivity contribution is 5.76. The molecular weight excluding hydrogens is 352 g/mol. The van der Waals surface area contributed by atoms with Gasteiger partial charge >= 0.3 is 0 Å². The van der Waals surface area contributed by atoms with Crippen LogP contribution in [0.4, 0.5) is 0 Å². The summed E-state index contributed by atoms with van der Waals surface area (Å²) in [6.07, 6.45) is 8.91. The van der Waals surface area contributed by atoms with Gasteiger partial charge in [0.25, 0.3) is 0 Å². The smallest absolute Gasteiger partial charge is 0.220 e. The van der Waals surface area contributed by atoms with Crippen LogP contribution in [-0.4, -0.2) is 23.6 Å². The van der Waals surface area contributed by atoms with Gasteiger partial charge < -0.3 is 14.8 Å². The van der Waals surface area contributed by atoms with Crippen molar-refractivity contribution in [3.63, 3.8) is 0 Å². The van der Waals surface area contributed by atoms with Gasteiger partial charge in [0.1, 0.15) is 5.75 Å². The molecule has 2 aromatic rings. The summed E-state index contributed by atoms with van der Waals surface area (Å²) in [5.74, 6) is 1.53. The van der Waals surface area contributed by atoms with Crippen molar-refractivity contribution in [2.75, 3.05) is 6.61 Å². The Balaban J connectivity index is 1.45. The topological polar surface area (TPSA) is 60.5 Å². The molecule has 1 aromatic heterocycles. The van der Waals surface area contributed by atoms with E-state index >= 15 is 0 Å². The summed E-state index contributed by atoms with van der Waals surface area (Å²) >= 11 is 0. The number of aryl methyl sites for hydroxylation is 1. The number of pyridine rings is 1. The Hall–Kier alpha value is -2.56. The number of hydrogen-bond acceptors (Lipinski definition) is 4. The van der Waals surface area contributed by atoms with Gasteiger partial charge in [-0.1, -0.05) is 25.1 Å². The first-order valence-electron chi connectivity index (χ1n) is 10.3. The molecule has 5 heteroatoms. The van der Waals surface area contributed by atoms with Gasteiger partial charge in [-0.3, -0.25) is 4.79 Å². The third kappa shape index (κ3) is 6.25. The number of rotatable bonds is 10. The molecule has 1 N–H and O–H groups in total. The van der Waals surface area contributed by atoms with Crippen molar-refractivity contribution in [1.82, 2.24) is 10.3 Å². The fraction of sp³-hybridized carbons (Fsp3) is 0.478. The summed E-state index contributed by atoms with van der Waals surface area (Å²) in [7, 11) is 0. The fourth-order valence-electron chi connectivity index (χ4n) is 3.40. The largest absolute Gasteiger partial charge is 0.490 e. The molecule has 0 atom stereocenters. The van der Waals surface area contributed by atoms with Crippen LogP contribution in [-0.2, 0) is 17.8 Å². The van der Waals surface area contributed by atoms with Crippen molar-refractivity contribution in [2.45, 2.75) is 64.5 Å². The summed E-state index contributed by atoms with van der Waals surface area (Å²) in [6.45, 7) is 3.10. The van der Waals surface area contributed by atoms with E-state index in [1.807, 2.05) is 30.3 Å². The molecule has 1 fully saturated rings. The van der Waals surface area contributed by atoms with E-state index in [-0.39, 0.29) is 5.91 Å². The molecule has 1 aliphatic carbocycles. The SMILES string of the molecule is CCCOc1ncccc1CNC(=O)CCc1cccc(OC2CCCC2)c1. The Morgan fingerprint density at radius 1 is 1.21 bits per heavy atom. The van der Waals surface area contributed by atoms with Gasteiger partial charge in [0.15, 0.2) is 0 Å². The number of nitrogens with zero attached hydrogens (tertiary/aromatic N) is 1. The zero-order chi connectivity index (χ0) is 19.6. The maximum absolute atomic E-state index is 12.3. The van der Waals surface area contributed by atoms with E-state index < -0.39 is 0 Å². The highest BCUT2D eigenvalue weighted by atomic mass is 16.5. The van der Waals surface area contributed by atoms with Gasteiger partial charge in [-0.25, -0.2) is 4.98 Å². The van der Waals surface area contributed by atoms with E-state index in [4.69, 9.17) is 9.47 Å². The Kier molecular flexibility index (Phi) is 7.71. The highest BCUT2D eigenvalue weighted by Crippen LogP contribution is 2.24. The number of aromatic nitrogens is 1. The Morgan fingerprint density at radius 3 is 2.89 bits per heavy atom. The van der Waals surface area contributed by atoms with E-state index in [1.165, 1.54) is 12.8 Å². The lowest BCUT2D eigenvalue weighted by atomic mass is 10.1. The molecule has 0 unspecified atom stereocenters. The van der Waals surface area contributed by atoms with Gasteiger partial charge in [0.2, 0.25) is 11.8 Å². The molecular formula is C23H30N2O3. The molecule has 0 bridgehead atoms. The number of nitrogens with one attached hydrogen (secondary N) is 1. The lowest BCUT2D eigenvalue weighted by Gasteiger charge is -2.14. The normalized spacial score (nSPS) is 14.0. The van der Waals surface area contributed by atoms with E-state index in [2.05, 4.69) is 23.3 Å². The van der Waals surface area contributed by atoms with Gasteiger partial charge in [0.05, 0.1) is 12.7 Å². The maximum Gasteiger partial charge on any atom is 0.220 e. The fourth-order valence-corrected chi connectivity index (χ4v) is 3.40. The molecule has 1 aliphatic rings. The van der Waals surface area contributed by atoms with Crippen molar-refractivity contribution in [2.24, 2.45) is 0 Å². The molecule has 150 valence electrons. The van der Waals surface area contributed by atoms with Crippen LogP contribution in [0.15, 0.2) is 42.6 Å². The first kappa shape index (κ1) is 20.2.